The van der Waals surface area contributed by atoms with Gasteiger partial charge in [0.1, 0.15) is 23.2 Å². The highest BCUT2D eigenvalue weighted by atomic mass is 19.4. The lowest BCUT2D eigenvalue weighted by atomic mass is 9.77. The van der Waals surface area contributed by atoms with Crippen molar-refractivity contribution < 1.29 is 45.4 Å². The molecule has 0 spiro atoms. The van der Waals surface area contributed by atoms with E-state index in [1.807, 2.05) is 0 Å². The highest BCUT2D eigenvalue weighted by Crippen LogP contribution is 2.54. The summed E-state index contributed by atoms with van der Waals surface area (Å²) in [7, 11) is 1.04. The van der Waals surface area contributed by atoms with E-state index in [0.29, 0.717) is 6.07 Å². The molecule has 4 atom stereocenters. The third kappa shape index (κ3) is 4.88. The monoisotopic (exact) mass is 506 g/mol. The maximum atomic E-state index is 14.0. The molecule has 1 fully saturated rings. The van der Waals surface area contributed by atoms with E-state index < -0.39 is 59.2 Å². The van der Waals surface area contributed by atoms with Gasteiger partial charge in [0.15, 0.2) is 5.60 Å². The van der Waals surface area contributed by atoms with Gasteiger partial charge >= 0.3 is 12.4 Å². The van der Waals surface area contributed by atoms with Crippen LogP contribution in [0, 0.1) is 5.92 Å². The topological polar surface area (TPSA) is 116 Å². The second kappa shape index (κ2) is 8.98. The molecule has 1 saturated heterocycles. The van der Waals surface area contributed by atoms with Gasteiger partial charge in [-0.15, -0.1) is 0 Å². The Hall–Kier alpha value is -3.42. The van der Waals surface area contributed by atoms with Crippen LogP contribution >= 0.6 is 0 Å². The third-order valence-electron chi connectivity index (χ3n) is 5.97. The minimum atomic E-state index is -4.93. The number of alkyl halides is 6. The molecule has 2 aromatic heterocycles. The summed E-state index contributed by atoms with van der Waals surface area (Å²) in [5.74, 6) is -5.20. The lowest BCUT2D eigenvalue weighted by Gasteiger charge is -2.31. The number of halogens is 6. The summed E-state index contributed by atoms with van der Waals surface area (Å²) >= 11 is 0. The van der Waals surface area contributed by atoms with Gasteiger partial charge in [0.2, 0.25) is 0 Å². The van der Waals surface area contributed by atoms with Crippen LogP contribution in [-0.2, 0) is 15.7 Å². The Morgan fingerprint density at radius 2 is 1.83 bits per heavy atom. The van der Waals surface area contributed by atoms with E-state index >= 15 is 0 Å². The van der Waals surface area contributed by atoms with E-state index in [2.05, 4.69) is 15.3 Å². The minimum Gasteiger partial charge on any atom is -0.496 e. The van der Waals surface area contributed by atoms with E-state index in [0.717, 1.165) is 32.5 Å². The van der Waals surface area contributed by atoms with Crippen molar-refractivity contribution >= 4 is 17.5 Å². The Morgan fingerprint density at radius 1 is 1.17 bits per heavy atom. The molecule has 0 aliphatic carbocycles. The summed E-state index contributed by atoms with van der Waals surface area (Å²) in [6.45, 7) is 1.92. The van der Waals surface area contributed by atoms with E-state index in [4.69, 9.17) is 15.2 Å². The van der Waals surface area contributed by atoms with Gasteiger partial charge in [0.25, 0.3) is 11.8 Å². The number of pyridine rings is 2. The minimum absolute atomic E-state index is 0.00748. The molecule has 0 unspecified atom stereocenters. The van der Waals surface area contributed by atoms with E-state index in [-0.39, 0.29) is 16.9 Å². The van der Waals surface area contributed by atoms with Crippen molar-refractivity contribution in [3.05, 3.63) is 47.5 Å². The first-order valence-electron chi connectivity index (χ1n) is 10.0. The van der Waals surface area contributed by atoms with Crippen LogP contribution in [0.5, 0.6) is 5.75 Å². The first-order valence-corrected chi connectivity index (χ1v) is 10.0. The fourth-order valence-corrected chi connectivity index (χ4v) is 3.91. The fraction of sp³-hybridized carbons (Fsp3) is 0.429. The first-order chi connectivity index (χ1) is 16.1. The van der Waals surface area contributed by atoms with Gasteiger partial charge in [-0.25, -0.2) is 0 Å². The molecule has 35 heavy (non-hydrogen) atoms. The largest absolute Gasteiger partial charge is 0.496 e. The molecular formula is C21H20F6N4O4. The van der Waals surface area contributed by atoms with Crippen molar-refractivity contribution in [1.82, 2.24) is 9.97 Å². The molecule has 14 heteroatoms. The zero-order chi connectivity index (χ0) is 26.3. The molecule has 3 heterocycles. The number of anilines is 1. The highest BCUT2D eigenvalue weighted by Gasteiger charge is 2.66. The van der Waals surface area contributed by atoms with Crippen LogP contribution in [0.1, 0.15) is 41.5 Å². The van der Waals surface area contributed by atoms with Crippen molar-refractivity contribution in [3.63, 3.8) is 0 Å². The van der Waals surface area contributed by atoms with E-state index in [1.165, 1.54) is 13.0 Å². The molecule has 3 rings (SSSR count). The maximum Gasteiger partial charge on any atom is 0.433 e. The predicted molar refractivity (Wildman–Crippen MR) is 108 cm³/mol. The number of carbonyl (C=O) groups excluding carboxylic acids is 2. The number of hydrogen-bond acceptors (Lipinski definition) is 6. The standard InChI is InChI=1S/C21H20F6N4O4/c1-9-15(11-8-30-14(20(22,23)24)7-13(11)34-3)16(35-19(9,2)21(25,26)27)18(33)31-10-4-5-29-12(6-10)17(28)32/h4-9,15-16H,1-3H3,(H2,28,32)(H,29,31,33)/t9-,15+,16+,19-/m0/s1. The number of ether oxygens (including phenoxy) is 2. The van der Waals surface area contributed by atoms with Gasteiger partial charge in [0, 0.05) is 41.5 Å². The molecule has 0 saturated carbocycles. The average molecular weight is 506 g/mol. The normalized spacial score (nSPS) is 24.8. The average Bonchev–Trinajstić information content (AvgIpc) is 3.04. The highest BCUT2D eigenvalue weighted by molar-refractivity contribution is 5.97. The second-order valence-electron chi connectivity index (χ2n) is 8.05. The number of aromatic nitrogens is 2. The van der Waals surface area contributed by atoms with Gasteiger partial charge in [-0.3, -0.25) is 19.6 Å². The lowest BCUT2D eigenvalue weighted by molar-refractivity contribution is -0.272. The first kappa shape index (κ1) is 26.2. The summed E-state index contributed by atoms with van der Waals surface area (Å²) in [6.07, 6.45) is -9.70. The van der Waals surface area contributed by atoms with Crippen LogP contribution < -0.4 is 15.8 Å². The van der Waals surface area contributed by atoms with Crippen molar-refractivity contribution in [3.8, 4) is 5.75 Å². The number of methoxy groups -OCH3 is 1. The Morgan fingerprint density at radius 3 is 2.37 bits per heavy atom. The Labute approximate surface area is 194 Å². The number of amides is 2. The summed E-state index contributed by atoms with van der Waals surface area (Å²) < 4.78 is 91.5. The molecule has 0 aromatic carbocycles. The van der Waals surface area contributed by atoms with Crippen molar-refractivity contribution in [2.45, 2.75) is 43.8 Å². The summed E-state index contributed by atoms with van der Waals surface area (Å²) in [5, 5.41) is 2.34. The van der Waals surface area contributed by atoms with Gasteiger partial charge in [0.05, 0.1) is 7.11 Å². The summed E-state index contributed by atoms with van der Waals surface area (Å²) in [6, 6.07) is 2.92. The fourth-order valence-electron chi connectivity index (χ4n) is 3.91. The molecule has 1 aliphatic heterocycles. The predicted octanol–water partition coefficient (Wildman–Crippen LogP) is 3.68. The summed E-state index contributed by atoms with van der Waals surface area (Å²) in [5.41, 5.74) is 0.602. The number of primary amides is 1. The van der Waals surface area contributed by atoms with E-state index in [1.54, 1.807) is 0 Å². The SMILES string of the molecule is COc1cc(C(F)(F)F)ncc1[C@@H]1[C@H](C(=O)Nc2ccnc(C(N)=O)c2)O[C@](C)(C(F)(F)F)[C@H]1C. The van der Waals surface area contributed by atoms with Gasteiger partial charge in [-0.1, -0.05) is 6.92 Å². The van der Waals surface area contributed by atoms with Gasteiger partial charge in [-0.05, 0) is 19.1 Å². The smallest absolute Gasteiger partial charge is 0.433 e. The third-order valence-corrected chi connectivity index (χ3v) is 5.97. The molecule has 0 radical (unpaired) electrons. The Balaban J connectivity index is 2.07. The van der Waals surface area contributed by atoms with Gasteiger partial charge < -0.3 is 20.5 Å². The molecular weight excluding hydrogens is 486 g/mol. The molecule has 1 aliphatic rings. The van der Waals surface area contributed by atoms with Crippen molar-refractivity contribution in [2.24, 2.45) is 11.7 Å². The molecule has 2 amide bonds. The quantitative estimate of drug-likeness (QED) is 0.598. The van der Waals surface area contributed by atoms with Crippen LogP contribution in [0.3, 0.4) is 0 Å². The lowest BCUT2D eigenvalue weighted by Crippen LogP contribution is -2.47. The van der Waals surface area contributed by atoms with Crippen LogP contribution in [0.2, 0.25) is 0 Å². The van der Waals surface area contributed by atoms with Crippen LogP contribution in [0.4, 0.5) is 32.0 Å². The Bertz CT molecular complexity index is 1140. The number of nitrogens with one attached hydrogen (secondary N) is 1. The molecule has 2 aromatic rings. The van der Waals surface area contributed by atoms with Crippen LogP contribution in [0.15, 0.2) is 30.6 Å². The van der Waals surface area contributed by atoms with Crippen molar-refractivity contribution in [1.29, 1.82) is 0 Å². The molecule has 190 valence electrons. The van der Waals surface area contributed by atoms with E-state index in [9.17, 15) is 35.9 Å². The molecule has 8 nitrogen and oxygen atoms in total. The van der Waals surface area contributed by atoms with Crippen LogP contribution in [-0.4, -0.2) is 46.8 Å². The number of hydrogen-bond donors (Lipinski definition) is 2. The molecule has 3 N–H and O–H groups in total. The van der Waals surface area contributed by atoms with Gasteiger partial charge in [-0.2, -0.15) is 26.3 Å². The van der Waals surface area contributed by atoms with Crippen LogP contribution in [0.25, 0.3) is 0 Å². The summed E-state index contributed by atoms with van der Waals surface area (Å²) in [4.78, 5) is 31.4. The maximum absolute atomic E-state index is 14.0. The zero-order valence-corrected chi connectivity index (χ0v) is 18.5. The number of nitrogens with zero attached hydrogens (tertiary/aromatic N) is 2. The second-order valence-corrected chi connectivity index (χ2v) is 8.05. The number of rotatable bonds is 5. The zero-order valence-electron chi connectivity index (χ0n) is 18.5. The Kier molecular flexibility index (Phi) is 6.72. The van der Waals surface area contributed by atoms with Crippen molar-refractivity contribution in [2.75, 3.05) is 12.4 Å². The number of nitrogens with two attached hydrogens (primary N) is 1. The number of carbonyl (C=O) groups is 2. The molecule has 0 bridgehead atoms.